The van der Waals surface area contributed by atoms with Crippen LogP contribution in [0.2, 0.25) is 0 Å². The van der Waals surface area contributed by atoms with Gasteiger partial charge in [0, 0.05) is 12.4 Å². The lowest BCUT2D eigenvalue weighted by Crippen LogP contribution is -2.49. The molecule has 0 saturated heterocycles. The zero-order valence-electron chi connectivity index (χ0n) is 11.9. The molecule has 0 spiro atoms. The molecule has 0 radical (unpaired) electrons. The number of nitrogens with zero attached hydrogens (tertiary/aromatic N) is 2. The quantitative estimate of drug-likeness (QED) is 0.913. The Morgan fingerprint density at radius 2 is 2.38 bits per heavy atom. The highest BCUT2D eigenvalue weighted by Crippen LogP contribution is 2.29. The van der Waals surface area contributed by atoms with E-state index in [-0.39, 0.29) is 18.0 Å². The van der Waals surface area contributed by atoms with Crippen molar-refractivity contribution in [1.29, 1.82) is 0 Å². The Balaban J connectivity index is 1.69. The van der Waals surface area contributed by atoms with Crippen molar-refractivity contribution in [3.63, 3.8) is 0 Å². The van der Waals surface area contributed by atoms with Crippen molar-refractivity contribution in [2.45, 2.75) is 44.4 Å². The molecule has 0 aliphatic heterocycles. The van der Waals surface area contributed by atoms with Crippen LogP contribution in [0.25, 0.3) is 0 Å². The zero-order valence-corrected chi connectivity index (χ0v) is 12.7. The predicted molar refractivity (Wildman–Crippen MR) is 81.4 cm³/mol. The molecule has 0 bridgehead atoms. The molecule has 2 aromatic heterocycles. The van der Waals surface area contributed by atoms with Crippen molar-refractivity contribution in [3.8, 4) is 0 Å². The van der Waals surface area contributed by atoms with Crippen LogP contribution in [0.15, 0.2) is 30.2 Å². The summed E-state index contributed by atoms with van der Waals surface area (Å²) >= 11 is 1.44. The lowest BCUT2D eigenvalue weighted by molar-refractivity contribution is 0.0400. The molecule has 2 aromatic rings. The van der Waals surface area contributed by atoms with Crippen molar-refractivity contribution in [2.24, 2.45) is 0 Å². The highest BCUT2D eigenvalue weighted by molar-refractivity contribution is 7.12. The van der Waals surface area contributed by atoms with Gasteiger partial charge < -0.3 is 15.0 Å². The lowest BCUT2D eigenvalue weighted by atomic mass is 9.88. The monoisotopic (exact) mass is 305 g/mol. The Hall–Kier alpha value is -1.66. The standard InChI is InChI=1S/C15H19N3O2S/c1-10-7-13(21-8-10)15(20)17-11-3-2-4-12(14(11)19)18-6-5-16-9-18/h5-9,11-12,14,19H,2-4H2,1H3,(H,17,20)/t11-,12-,14-/m1/s1. The number of carbonyl (C=O) groups excluding carboxylic acids is 1. The van der Waals surface area contributed by atoms with Crippen LogP contribution in [0.4, 0.5) is 0 Å². The van der Waals surface area contributed by atoms with Gasteiger partial charge in [-0.3, -0.25) is 4.79 Å². The second-order valence-electron chi connectivity index (χ2n) is 5.57. The number of amides is 1. The van der Waals surface area contributed by atoms with E-state index in [1.807, 2.05) is 29.1 Å². The van der Waals surface area contributed by atoms with Crippen molar-refractivity contribution in [3.05, 3.63) is 40.6 Å². The fourth-order valence-electron chi connectivity index (χ4n) is 2.90. The maximum atomic E-state index is 12.2. The molecule has 6 heteroatoms. The van der Waals surface area contributed by atoms with Crippen molar-refractivity contribution >= 4 is 17.2 Å². The molecule has 1 amide bonds. The van der Waals surface area contributed by atoms with Gasteiger partial charge in [-0.1, -0.05) is 0 Å². The summed E-state index contributed by atoms with van der Waals surface area (Å²) in [7, 11) is 0. The molecule has 1 aliphatic carbocycles. The van der Waals surface area contributed by atoms with E-state index < -0.39 is 6.10 Å². The van der Waals surface area contributed by atoms with Gasteiger partial charge in [0.25, 0.3) is 5.91 Å². The highest BCUT2D eigenvalue weighted by Gasteiger charge is 2.33. The van der Waals surface area contributed by atoms with E-state index in [1.54, 1.807) is 12.5 Å². The normalized spacial score (nSPS) is 25.7. The third-order valence-corrected chi connectivity index (χ3v) is 5.05. The van der Waals surface area contributed by atoms with E-state index in [0.717, 1.165) is 24.8 Å². The number of thiophene rings is 1. The fraction of sp³-hybridized carbons (Fsp3) is 0.467. The van der Waals surface area contributed by atoms with Gasteiger partial charge in [-0.25, -0.2) is 4.98 Å². The SMILES string of the molecule is Cc1csc(C(=O)N[C@@H]2CCC[C@@H](n3ccnc3)[C@@H]2O)c1. The topological polar surface area (TPSA) is 67.2 Å². The Bertz CT molecular complexity index is 608. The number of aliphatic hydroxyl groups is 1. The number of aliphatic hydroxyl groups excluding tert-OH is 1. The Morgan fingerprint density at radius 3 is 3.05 bits per heavy atom. The summed E-state index contributed by atoms with van der Waals surface area (Å²) in [5.41, 5.74) is 1.09. The Morgan fingerprint density at radius 1 is 1.52 bits per heavy atom. The lowest BCUT2D eigenvalue weighted by Gasteiger charge is -2.35. The summed E-state index contributed by atoms with van der Waals surface area (Å²) < 4.78 is 1.93. The minimum absolute atomic E-state index is 0.0170. The largest absolute Gasteiger partial charge is 0.389 e. The molecule has 1 aliphatic rings. The molecule has 3 atom stereocenters. The second kappa shape index (κ2) is 5.99. The Labute approximate surface area is 127 Å². The van der Waals surface area contributed by atoms with E-state index in [0.29, 0.717) is 4.88 Å². The van der Waals surface area contributed by atoms with Crippen LogP contribution >= 0.6 is 11.3 Å². The van der Waals surface area contributed by atoms with Gasteiger partial charge in [0.05, 0.1) is 29.4 Å². The first-order valence-electron chi connectivity index (χ1n) is 7.16. The molecule has 1 saturated carbocycles. The van der Waals surface area contributed by atoms with Crippen LogP contribution in [0.3, 0.4) is 0 Å². The van der Waals surface area contributed by atoms with E-state index in [2.05, 4.69) is 10.3 Å². The van der Waals surface area contributed by atoms with E-state index in [1.165, 1.54) is 11.3 Å². The molecule has 112 valence electrons. The first-order chi connectivity index (χ1) is 10.1. The minimum Gasteiger partial charge on any atom is -0.389 e. The van der Waals surface area contributed by atoms with Crippen LogP contribution in [0, 0.1) is 6.92 Å². The number of nitrogens with one attached hydrogen (secondary N) is 1. The fourth-order valence-corrected chi connectivity index (χ4v) is 3.70. The number of aromatic nitrogens is 2. The number of carbonyl (C=O) groups is 1. The number of rotatable bonds is 3. The third-order valence-electron chi connectivity index (χ3n) is 4.00. The summed E-state index contributed by atoms with van der Waals surface area (Å²) in [4.78, 5) is 17.0. The van der Waals surface area contributed by atoms with Crippen LogP contribution < -0.4 is 5.32 Å². The highest BCUT2D eigenvalue weighted by atomic mass is 32.1. The second-order valence-corrected chi connectivity index (χ2v) is 6.48. The molecular weight excluding hydrogens is 286 g/mol. The summed E-state index contributed by atoms with van der Waals surface area (Å²) in [5.74, 6) is -0.0940. The van der Waals surface area contributed by atoms with E-state index >= 15 is 0 Å². The number of aryl methyl sites for hydroxylation is 1. The third kappa shape index (κ3) is 3.01. The number of imidazole rings is 1. The average Bonchev–Trinajstić information content (AvgIpc) is 3.12. The smallest absolute Gasteiger partial charge is 0.261 e. The molecule has 2 N–H and O–H groups in total. The maximum absolute atomic E-state index is 12.2. The molecule has 3 rings (SSSR count). The van der Waals surface area contributed by atoms with Gasteiger partial charge in [-0.2, -0.15) is 0 Å². The molecule has 21 heavy (non-hydrogen) atoms. The molecule has 5 nitrogen and oxygen atoms in total. The van der Waals surface area contributed by atoms with Crippen LogP contribution in [-0.4, -0.2) is 32.7 Å². The van der Waals surface area contributed by atoms with Gasteiger partial charge in [-0.15, -0.1) is 11.3 Å². The number of hydrogen-bond acceptors (Lipinski definition) is 4. The molecular formula is C15H19N3O2S. The minimum atomic E-state index is -0.585. The average molecular weight is 305 g/mol. The maximum Gasteiger partial charge on any atom is 0.261 e. The van der Waals surface area contributed by atoms with Gasteiger partial charge in [-0.05, 0) is 43.2 Å². The van der Waals surface area contributed by atoms with Gasteiger partial charge in [0.1, 0.15) is 0 Å². The van der Waals surface area contributed by atoms with E-state index in [4.69, 9.17) is 0 Å². The Kier molecular flexibility index (Phi) is 4.07. The van der Waals surface area contributed by atoms with Gasteiger partial charge in [0.2, 0.25) is 0 Å². The summed E-state index contributed by atoms with van der Waals surface area (Å²) in [6.07, 6.45) is 7.40. The van der Waals surface area contributed by atoms with Crippen molar-refractivity contribution in [1.82, 2.24) is 14.9 Å². The summed E-state index contributed by atoms with van der Waals surface area (Å²) in [5, 5.41) is 15.5. The molecule has 0 unspecified atom stereocenters. The van der Waals surface area contributed by atoms with Crippen LogP contribution in [-0.2, 0) is 0 Å². The number of hydrogen-bond donors (Lipinski definition) is 2. The summed E-state index contributed by atoms with van der Waals surface area (Å²) in [6.45, 7) is 1.97. The van der Waals surface area contributed by atoms with Gasteiger partial charge >= 0.3 is 0 Å². The van der Waals surface area contributed by atoms with Gasteiger partial charge in [0.15, 0.2) is 0 Å². The predicted octanol–water partition coefficient (Wildman–Crippen LogP) is 2.14. The molecule has 0 aromatic carbocycles. The van der Waals surface area contributed by atoms with Crippen molar-refractivity contribution in [2.75, 3.05) is 0 Å². The van der Waals surface area contributed by atoms with Crippen molar-refractivity contribution < 1.29 is 9.90 Å². The van der Waals surface area contributed by atoms with Crippen LogP contribution in [0.5, 0.6) is 0 Å². The first kappa shape index (κ1) is 14.3. The first-order valence-corrected chi connectivity index (χ1v) is 8.04. The summed E-state index contributed by atoms with van der Waals surface area (Å²) in [6, 6.07) is 1.65. The molecule has 1 fully saturated rings. The van der Waals surface area contributed by atoms with E-state index in [9.17, 15) is 9.90 Å². The zero-order chi connectivity index (χ0) is 14.8. The molecule has 2 heterocycles. The van der Waals surface area contributed by atoms with Crippen LogP contribution in [0.1, 0.15) is 40.5 Å².